The molecule has 2 N–H and O–H groups in total. The van der Waals surface area contributed by atoms with E-state index in [-0.39, 0.29) is 23.2 Å². The molecule has 1 aromatic carbocycles. The maximum Gasteiger partial charge on any atom is 0.305 e. The van der Waals surface area contributed by atoms with E-state index in [4.69, 9.17) is 21.1 Å². The highest BCUT2D eigenvalue weighted by molar-refractivity contribution is 6.21. The van der Waals surface area contributed by atoms with Gasteiger partial charge in [-0.05, 0) is 49.1 Å². The first-order valence-corrected chi connectivity index (χ1v) is 14.6. The average molecular weight is 536 g/mol. The van der Waals surface area contributed by atoms with E-state index in [1.165, 1.54) is 0 Å². The van der Waals surface area contributed by atoms with Crippen LogP contribution in [0.2, 0.25) is 0 Å². The third-order valence-electron chi connectivity index (χ3n) is 7.70. The minimum absolute atomic E-state index is 0.0140. The smallest absolute Gasteiger partial charge is 0.305 e. The van der Waals surface area contributed by atoms with Gasteiger partial charge in [-0.25, -0.2) is 0 Å². The number of hydrogen-bond donors (Lipinski definition) is 2. The van der Waals surface area contributed by atoms with Crippen molar-refractivity contribution in [1.82, 2.24) is 4.90 Å². The summed E-state index contributed by atoms with van der Waals surface area (Å²) in [6.07, 6.45) is 10.8. The number of esters is 1. The second-order valence-electron chi connectivity index (χ2n) is 10.5. The van der Waals surface area contributed by atoms with Crippen LogP contribution in [0, 0.1) is 5.92 Å². The van der Waals surface area contributed by atoms with Crippen LogP contribution in [0.5, 0.6) is 0 Å². The Morgan fingerprint density at radius 1 is 1.19 bits per heavy atom. The Morgan fingerprint density at radius 2 is 1.95 bits per heavy atom. The number of rotatable bonds is 15. The van der Waals surface area contributed by atoms with Crippen molar-refractivity contribution in [3.63, 3.8) is 0 Å². The molecule has 1 aromatic rings. The average Bonchev–Trinajstić information content (AvgIpc) is 3.19. The van der Waals surface area contributed by atoms with Crippen LogP contribution in [0.1, 0.15) is 87.9 Å². The lowest BCUT2D eigenvalue weighted by molar-refractivity contribution is -0.144. The van der Waals surface area contributed by atoms with E-state index in [1.807, 2.05) is 24.3 Å². The second kappa shape index (κ2) is 16.5. The number of aliphatic hydroxyl groups is 2. The molecular weight excluding hydrogens is 490 g/mol. The van der Waals surface area contributed by atoms with Crippen LogP contribution in [0.15, 0.2) is 36.4 Å². The molecule has 1 heterocycles. The van der Waals surface area contributed by atoms with Gasteiger partial charge in [0.25, 0.3) is 0 Å². The van der Waals surface area contributed by atoms with Gasteiger partial charge < -0.3 is 19.7 Å². The number of aliphatic hydroxyl groups excluding tert-OH is 2. The first kappa shape index (κ1) is 30.1. The Kier molecular flexibility index (Phi) is 13.4. The van der Waals surface area contributed by atoms with Crippen molar-refractivity contribution in [1.29, 1.82) is 0 Å². The van der Waals surface area contributed by atoms with Crippen LogP contribution >= 0.6 is 11.6 Å². The van der Waals surface area contributed by atoms with Gasteiger partial charge in [0.1, 0.15) is 6.61 Å². The van der Waals surface area contributed by atoms with Gasteiger partial charge in [-0.1, -0.05) is 62.6 Å². The third-order valence-corrected chi connectivity index (χ3v) is 8.20. The molecule has 208 valence electrons. The molecule has 6 nitrogen and oxygen atoms in total. The van der Waals surface area contributed by atoms with Gasteiger partial charge in [0.2, 0.25) is 0 Å². The highest BCUT2D eigenvalue weighted by atomic mass is 35.5. The molecule has 3 rings (SSSR count). The SMILES string of the molecule is CCCCCC(O)c1ccc([C@@H]2[C@@H](C/C=C\CCCC(=O)OCCN3CCOCC3)[C@H](Cl)C[C@H]2O)cc1. The Labute approximate surface area is 228 Å². The summed E-state index contributed by atoms with van der Waals surface area (Å²) in [5.74, 6) is -0.00124. The largest absolute Gasteiger partial charge is 0.464 e. The zero-order chi connectivity index (χ0) is 26.5. The highest BCUT2D eigenvalue weighted by Crippen LogP contribution is 2.45. The monoisotopic (exact) mass is 535 g/mol. The van der Waals surface area contributed by atoms with E-state index in [9.17, 15) is 15.0 Å². The number of hydrogen-bond acceptors (Lipinski definition) is 6. The maximum atomic E-state index is 12.0. The lowest BCUT2D eigenvalue weighted by Crippen LogP contribution is -2.38. The van der Waals surface area contributed by atoms with Crippen molar-refractivity contribution in [2.45, 2.75) is 88.2 Å². The quantitative estimate of drug-likeness (QED) is 0.136. The summed E-state index contributed by atoms with van der Waals surface area (Å²) >= 11 is 6.65. The van der Waals surface area contributed by atoms with Crippen molar-refractivity contribution in [3.05, 3.63) is 47.5 Å². The summed E-state index contributed by atoms with van der Waals surface area (Å²) in [4.78, 5) is 14.2. The molecule has 7 heteroatoms. The van der Waals surface area contributed by atoms with Crippen molar-refractivity contribution < 1.29 is 24.5 Å². The van der Waals surface area contributed by atoms with Crippen LogP contribution in [0.25, 0.3) is 0 Å². The zero-order valence-corrected chi connectivity index (χ0v) is 23.2. The number of carbonyl (C=O) groups is 1. The van der Waals surface area contributed by atoms with Gasteiger partial charge in [-0.15, -0.1) is 11.6 Å². The molecule has 0 bridgehead atoms. The Bertz CT molecular complexity index is 811. The summed E-state index contributed by atoms with van der Waals surface area (Å²) in [6.45, 7) is 6.68. The van der Waals surface area contributed by atoms with Crippen molar-refractivity contribution in [2.24, 2.45) is 5.92 Å². The first-order valence-electron chi connectivity index (χ1n) is 14.2. The van der Waals surface area contributed by atoms with E-state index in [2.05, 4.69) is 24.0 Å². The zero-order valence-electron chi connectivity index (χ0n) is 22.4. The summed E-state index contributed by atoms with van der Waals surface area (Å²) in [7, 11) is 0. The third kappa shape index (κ3) is 9.99. The number of benzene rings is 1. The molecule has 2 aliphatic rings. The highest BCUT2D eigenvalue weighted by Gasteiger charge is 2.41. The molecule has 1 aliphatic heterocycles. The van der Waals surface area contributed by atoms with Crippen LogP contribution < -0.4 is 0 Å². The van der Waals surface area contributed by atoms with E-state index in [0.29, 0.717) is 19.4 Å². The van der Waals surface area contributed by atoms with Crippen molar-refractivity contribution >= 4 is 17.6 Å². The molecule has 1 unspecified atom stereocenters. The number of morpholine rings is 1. The van der Waals surface area contributed by atoms with Crippen molar-refractivity contribution in [3.8, 4) is 0 Å². The van der Waals surface area contributed by atoms with E-state index < -0.39 is 12.2 Å². The molecule has 0 amide bonds. The van der Waals surface area contributed by atoms with E-state index in [1.54, 1.807) is 0 Å². The Morgan fingerprint density at radius 3 is 2.68 bits per heavy atom. The lowest BCUT2D eigenvalue weighted by Gasteiger charge is -2.26. The summed E-state index contributed by atoms with van der Waals surface area (Å²) < 4.78 is 10.7. The number of alkyl halides is 1. The summed E-state index contributed by atoms with van der Waals surface area (Å²) in [5.41, 5.74) is 2.02. The number of allylic oxidation sites excluding steroid dienone is 2. The van der Waals surface area contributed by atoms with Crippen molar-refractivity contribution in [2.75, 3.05) is 39.5 Å². The minimum Gasteiger partial charge on any atom is -0.464 e. The van der Waals surface area contributed by atoms with Crippen LogP contribution in [0.3, 0.4) is 0 Å². The predicted molar refractivity (Wildman–Crippen MR) is 148 cm³/mol. The molecule has 5 atom stereocenters. The number of carbonyl (C=O) groups excluding carboxylic acids is 1. The minimum atomic E-state index is -0.464. The molecular formula is C30H46ClNO5. The van der Waals surface area contributed by atoms with Gasteiger partial charge in [-0.3, -0.25) is 9.69 Å². The maximum absolute atomic E-state index is 12.0. The van der Waals surface area contributed by atoms with E-state index in [0.717, 1.165) is 88.9 Å². The molecule has 1 saturated carbocycles. The number of halogens is 1. The number of unbranched alkanes of at least 4 members (excludes halogenated alkanes) is 3. The molecule has 0 radical (unpaired) electrons. The van der Waals surface area contributed by atoms with Crippen LogP contribution in [-0.2, 0) is 14.3 Å². The molecule has 1 aliphatic carbocycles. The molecule has 2 fully saturated rings. The molecule has 37 heavy (non-hydrogen) atoms. The van der Waals surface area contributed by atoms with E-state index >= 15 is 0 Å². The van der Waals surface area contributed by atoms with Gasteiger partial charge in [0.05, 0.1) is 25.4 Å². The van der Waals surface area contributed by atoms with Gasteiger partial charge in [0, 0.05) is 37.4 Å². The number of nitrogens with zero attached hydrogens (tertiary/aromatic N) is 1. The predicted octanol–water partition coefficient (Wildman–Crippen LogP) is 5.36. The standard InChI is InChI=1S/C30H46ClNO5/c1-2-3-6-10-27(33)23-12-14-24(15-13-23)30-25(26(31)22-28(30)34)9-7-4-5-8-11-29(35)37-21-18-32-16-19-36-20-17-32/h4,7,12-15,25-28,30,33-34H,2-3,5-6,8-11,16-22H2,1H3/b7-4-/t25-,26+,27?,28+,30+/m0/s1. The Hall–Kier alpha value is -1.44. The summed E-state index contributed by atoms with van der Waals surface area (Å²) in [6, 6.07) is 8.07. The van der Waals surface area contributed by atoms with Gasteiger partial charge >= 0.3 is 5.97 Å². The Balaban J connectivity index is 1.38. The fourth-order valence-corrected chi connectivity index (χ4v) is 5.88. The normalized spacial score (nSPS) is 25.5. The lowest BCUT2D eigenvalue weighted by atomic mass is 9.84. The molecule has 1 saturated heterocycles. The van der Waals surface area contributed by atoms with Gasteiger partial charge in [0.15, 0.2) is 0 Å². The fraction of sp³-hybridized carbons (Fsp3) is 0.700. The number of ether oxygens (including phenoxy) is 2. The summed E-state index contributed by atoms with van der Waals surface area (Å²) in [5, 5.41) is 21.1. The molecule has 0 spiro atoms. The van der Waals surface area contributed by atoms with Gasteiger partial charge in [-0.2, -0.15) is 0 Å². The van der Waals surface area contributed by atoms with Crippen LogP contribution in [0.4, 0.5) is 0 Å². The first-order chi connectivity index (χ1) is 18.0. The topological polar surface area (TPSA) is 79.2 Å². The van der Waals surface area contributed by atoms with Crippen LogP contribution in [-0.4, -0.2) is 72.0 Å². The molecule has 0 aromatic heterocycles. The second-order valence-corrected chi connectivity index (χ2v) is 11.0. The fourth-order valence-electron chi connectivity index (χ4n) is 5.44.